The molecule has 2 nitrogen and oxygen atoms in total. The molecule has 2 rings (SSSR count). The van der Waals surface area contributed by atoms with Crippen molar-refractivity contribution < 1.29 is 9.53 Å². The second kappa shape index (κ2) is 3.11. The van der Waals surface area contributed by atoms with Crippen LogP contribution in [0.15, 0.2) is 23.6 Å². The van der Waals surface area contributed by atoms with Crippen molar-refractivity contribution in [3.63, 3.8) is 0 Å². The Balaban J connectivity index is 2.24. The minimum absolute atomic E-state index is 0.124. The highest BCUT2D eigenvalue weighted by Gasteiger charge is 2.14. The van der Waals surface area contributed by atoms with Crippen molar-refractivity contribution in [2.24, 2.45) is 0 Å². The van der Waals surface area contributed by atoms with Gasteiger partial charge in [0, 0.05) is 6.42 Å². The molecule has 0 spiro atoms. The second-order valence-corrected chi connectivity index (χ2v) is 3.51. The molecule has 12 heavy (non-hydrogen) atoms. The molecule has 0 saturated heterocycles. The van der Waals surface area contributed by atoms with Crippen molar-refractivity contribution in [3.05, 3.63) is 28.5 Å². The monoisotopic (exact) mass is 180 g/mol. The van der Waals surface area contributed by atoms with Crippen LogP contribution in [0.1, 0.15) is 17.7 Å². The first-order valence-electron chi connectivity index (χ1n) is 3.81. The van der Waals surface area contributed by atoms with Crippen molar-refractivity contribution in [2.75, 3.05) is 0 Å². The number of hydrogen-bond donors (Lipinski definition) is 0. The average Bonchev–Trinajstić information content (AvgIpc) is 2.56. The Labute approximate surface area is 74.5 Å². The molecule has 3 heteroatoms. The summed E-state index contributed by atoms with van der Waals surface area (Å²) in [6, 6.07) is 3.90. The number of carbonyl (C=O) groups is 1. The van der Waals surface area contributed by atoms with Crippen LogP contribution in [0.2, 0.25) is 0 Å². The number of thiophene rings is 1. The molecule has 1 aromatic rings. The first-order valence-corrected chi connectivity index (χ1v) is 4.69. The maximum absolute atomic E-state index is 10.9. The van der Waals surface area contributed by atoms with E-state index in [1.807, 2.05) is 23.6 Å². The van der Waals surface area contributed by atoms with Crippen molar-refractivity contribution in [1.82, 2.24) is 0 Å². The lowest BCUT2D eigenvalue weighted by atomic mass is 10.2. The predicted molar refractivity (Wildman–Crippen MR) is 47.6 cm³/mol. The van der Waals surface area contributed by atoms with Crippen LogP contribution in [-0.2, 0) is 9.53 Å². The van der Waals surface area contributed by atoms with Gasteiger partial charge in [-0.2, -0.15) is 0 Å². The number of esters is 1. The zero-order valence-electron chi connectivity index (χ0n) is 6.45. The molecule has 1 aromatic heterocycles. The van der Waals surface area contributed by atoms with Gasteiger partial charge in [0.25, 0.3) is 0 Å². The standard InChI is InChI=1S/C9H8O2S/c10-9-5-1-3-7(11-9)8-4-2-6-12-8/h2-4,6H,1,5H2. The smallest absolute Gasteiger partial charge is 0.311 e. The fourth-order valence-corrected chi connectivity index (χ4v) is 1.81. The van der Waals surface area contributed by atoms with E-state index in [4.69, 9.17) is 4.74 Å². The molecule has 1 aliphatic heterocycles. The van der Waals surface area contributed by atoms with Crippen molar-refractivity contribution in [2.45, 2.75) is 12.8 Å². The molecule has 0 aliphatic carbocycles. The van der Waals surface area contributed by atoms with Gasteiger partial charge in [-0.25, -0.2) is 0 Å². The lowest BCUT2D eigenvalue weighted by Crippen LogP contribution is -2.06. The topological polar surface area (TPSA) is 26.3 Å². The lowest BCUT2D eigenvalue weighted by Gasteiger charge is -2.10. The van der Waals surface area contributed by atoms with Gasteiger partial charge in [0.1, 0.15) is 5.76 Å². The van der Waals surface area contributed by atoms with Gasteiger partial charge in [0.15, 0.2) is 0 Å². The molecule has 1 aliphatic rings. The summed E-state index contributed by atoms with van der Waals surface area (Å²) in [6.07, 6.45) is 3.27. The first-order chi connectivity index (χ1) is 5.86. The van der Waals surface area contributed by atoms with Gasteiger partial charge >= 0.3 is 5.97 Å². The molecule has 0 fully saturated rings. The molecule has 0 atom stereocenters. The van der Waals surface area contributed by atoms with Gasteiger partial charge in [-0.3, -0.25) is 4.79 Å². The Morgan fingerprint density at radius 2 is 2.42 bits per heavy atom. The molecule has 2 heterocycles. The summed E-state index contributed by atoms with van der Waals surface area (Å²) < 4.78 is 5.06. The van der Waals surface area contributed by atoms with Gasteiger partial charge in [-0.1, -0.05) is 6.07 Å². The van der Waals surface area contributed by atoms with Crippen LogP contribution in [0.3, 0.4) is 0 Å². The Hall–Kier alpha value is -1.09. The summed E-state index contributed by atoms with van der Waals surface area (Å²) in [5.74, 6) is 0.599. The van der Waals surface area contributed by atoms with E-state index in [0.717, 1.165) is 17.1 Å². The van der Waals surface area contributed by atoms with Crippen LogP contribution >= 0.6 is 11.3 Å². The third kappa shape index (κ3) is 1.41. The summed E-state index contributed by atoms with van der Waals surface area (Å²) >= 11 is 1.59. The summed E-state index contributed by atoms with van der Waals surface area (Å²) in [5, 5.41) is 1.97. The fraction of sp³-hybridized carbons (Fsp3) is 0.222. The number of allylic oxidation sites excluding steroid dienone is 1. The largest absolute Gasteiger partial charge is 0.425 e. The molecule has 0 bridgehead atoms. The summed E-state index contributed by atoms with van der Waals surface area (Å²) in [7, 11) is 0. The van der Waals surface area contributed by atoms with E-state index in [2.05, 4.69) is 0 Å². The molecule has 0 amide bonds. The molecular formula is C9H8O2S. The van der Waals surface area contributed by atoms with Crippen LogP contribution in [0.25, 0.3) is 5.76 Å². The normalized spacial score (nSPS) is 17.0. The van der Waals surface area contributed by atoms with Crippen LogP contribution in [-0.4, -0.2) is 5.97 Å². The highest BCUT2D eigenvalue weighted by atomic mass is 32.1. The second-order valence-electron chi connectivity index (χ2n) is 2.56. The Morgan fingerprint density at radius 3 is 3.08 bits per heavy atom. The van der Waals surface area contributed by atoms with Crippen LogP contribution in [0.4, 0.5) is 0 Å². The molecule has 0 saturated carbocycles. The molecule has 62 valence electrons. The van der Waals surface area contributed by atoms with Crippen molar-refractivity contribution >= 4 is 23.1 Å². The first kappa shape index (κ1) is 7.55. The van der Waals surface area contributed by atoms with E-state index in [1.165, 1.54) is 0 Å². The quantitative estimate of drug-likeness (QED) is 0.620. The Kier molecular flexibility index (Phi) is 1.96. The lowest BCUT2D eigenvalue weighted by molar-refractivity contribution is -0.137. The van der Waals surface area contributed by atoms with Crippen molar-refractivity contribution in [1.29, 1.82) is 0 Å². The van der Waals surface area contributed by atoms with Gasteiger partial charge in [-0.15, -0.1) is 11.3 Å². The SMILES string of the molecule is O=C1CCC=C(c2cccs2)O1. The van der Waals surface area contributed by atoms with E-state index < -0.39 is 0 Å². The van der Waals surface area contributed by atoms with E-state index in [9.17, 15) is 4.79 Å². The third-order valence-electron chi connectivity index (χ3n) is 1.67. The predicted octanol–water partition coefficient (Wildman–Crippen LogP) is 2.43. The summed E-state index contributed by atoms with van der Waals surface area (Å²) in [5.41, 5.74) is 0. The highest BCUT2D eigenvalue weighted by molar-refractivity contribution is 7.11. The van der Waals surface area contributed by atoms with Crippen molar-refractivity contribution in [3.8, 4) is 0 Å². The Bertz CT molecular complexity index is 311. The van der Waals surface area contributed by atoms with Gasteiger partial charge in [0.2, 0.25) is 0 Å². The van der Waals surface area contributed by atoms with E-state index in [1.54, 1.807) is 11.3 Å². The molecular weight excluding hydrogens is 172 g/mol. The summed E-state index contributed by atoms with van der Waals surface area (Å²) in [4.78, 5) is 11.9. The zero-order valence-corrected chi connectivity index (χ0v) is 7.26. The highest BCUT2D eigenvalue weighted by Crippen LogP contribution is 2.25. The number of carbonyl (C=O) groups excluding carboxylic acids is 1. The zero-order chi connectivity index (χ0) is 8.39. The minimum Gasteiger partial charge on any atom is -0.425 e. The molecule has 0 radical (unpaired) electrons. The van der Waals surface area contributed by atoms with Crippen LogP contribution in [0.5, 0.6) is 0 Å². The minimum atomic E-state index is -0.124. The average molecular weight is 180 g/mol. The fourth-order valence-electron chi connectivity index (χ4n) is 1.11. The van der Waals surface area contributed by atoms with Gasteiger partial charge < -0.3 is 4.74 Å². The maximum Gasteiger partial charge on any atom is 0.311 e. The Morgan fingerprint density at radius 1 is 1.50 bits per heavy atom. The summed E-state index contributed by atoms with van der Waals surface area (Å²) in [6.45, 7) is 0. The molecule has 0 N–H and O–H groups in total. The number of ether oxygens (including phenoxy) is 1. The molecule has 0 aromatic carbocycles. The van der Waals surface area contributed by atoms with Gasteiger partial charge in [0.05, 0.1) is 4.88 Å². The van der Waals surface area contributed by atoms with E-state index >= 15 is 0 Å². The number of rotatable bonds is 1. The van der Waals surface area contributed by atoms with Crippen LogP contribution < -0.4 is 0 Å². The molecule has 0 unspecified atom stereocenters. The van der Waals surface area contributed by atoms with E-state index in [-0.39, 0.29) is 5.97 Å². The van der Waals surface area contributed by atoms with E-state index in [0.29, 0.717) is 6.42 Å². The third-order valence-corrected chi connectivity index (χ3v) is 2.55. The number of cyclic esters (lactones) is 1. The van der Waals surface area contributed by atoms with Gasteiger partial charge in [-0.05, 0) is 23.9 Å². The van der Waals surface area contributed by atoms with Crippen LogP contribution in [0, 0.1) is 0 Å². The number of hydrogen-bond acceptors (Lipinski definition) is 3. The maximum atomic E-state index is 10.9.